The van der Waals surface area contributed by atoms with Gasteiger partial charge in [0.2, 0.25) is 5.91 Å². The summed E-state index contributed by atoms with van der Waals surface area (Å²) in [5.74, 6) is -1.36. The highest BCUT2D eigenvalue weighted by Crippen LogP contribution is 2.12. The Morgan fingerprint density at radius 3 is 2.31 bits per heavy atom. The number of carbonyl (C=O) groups is 4. The van der Waals surface area contributed by atoms with Gasteiger partial charge in [-0.15, -0.1) is 0 Å². The van der Waals surface area contributed by atoms with Gasteiger partial charge in [-0.25, -0.2) is 4.79 Å². The molecular weight excluding hydrogens is 376 g/mol. The van der Waals surface area contributed by atoms with Gasteiger partial charge in [-0.1, -0.05) is 18.2 Å². The van der Waals surface area contributed by atoms with E-state index in [4.69, 9.17) is 4.74 Å². The normalized spacial score (nSPS) is 11.1. The standard InChI is InChI=1S/C21H22N2O6/c1-2-29-21(27)16-8-10-17(11-9-16)22-20(26)18(12-13-28-14-24)23-19(25)15-6-4-3-5-7-15/h3-11,14,18H,2,12-13H2,1H3,(H,22,26)(H,23,25)/t18-/m0/s1. The van der Waals surface area contributed by atoms with Crippen LogP contribution in [0.25, 0.3) is 0 Å². The van der Waals surface area contributed by atoms with Crippen LogP contribution in [0.5, 0.6) is 0 Å². The van der Waals surface area contributed by atoms with Crippen molar-refractivity contribution < 1.29 is 28.7 Å². The molecule has 0 radical (unpaired) electrons. The monoisotopic (exact) mass is 398 g/mol. The van der Waals surface area contributed by atoms with Crippen molar-refractivity contribution in [2.45, 2.75) is 19.4 Å². The molecular formula is C21H22N2O6. The number of amides is 2. The fraction of sp³-hybridized carbons (Fsp3) is 0.238. The zero-order valence-corrected chi connectivity index (χ0v) is 15.9. The molecule has 0 spiro atoms. The van der Waals surface area contributed by atoms with Crippen molar-refractivity contribution in [1.29, 1.82) is 0 Å². The summed E-state index contributed by atoms with van der Waals surface area (Å²) in [6.07, 6.45) is 0.101. The molecule has 2 N–H and O–H groups in total. The van der Waals surface area contributed by atoms with E-state index in [9.17, 15) is 19.2 Å². The highest BCUT2D eigenvalue weighted by atomic mass is 16.5. The van der Waals surface area contributed by atoms with Crippen LogP contribution in [0.4, 0.5) is 5.69 Å². The van der Waals surface area contributed by atoms with E-state index >= 15 is 0 Å². The largest absolute Gasteiger partial charge is 0.468 e. The summed E-state index contributed by atoms with van der Waals surface area (Å²) in [7, 11) is 0. The molecule has 8 heteroatoms. The Morgan fingerprint density at radius 1 is 1.00 bits per heavy atom. The van der Waals surface area contributed by atoms with Crippen LogP contribution in [0.3, 0.4) is 0 Å². The van der Waals surface area contributed by atoms with Crippen molar-refractivity contribution in [2.75, 3.05) is 18.5 Å². The topological polar surface area (TPSA) is 111 Å². The number of hydrogen-bond donors (Lipinski definition) is 2. The van der Waals surface area contributed by atoms with E-state index in [1.54, 1.807) is 49.4 Å². The highest BCUT2D eigenvalue weighted by Gasteiger charge is 2.22. The Hall–Kier alpha value is -3.68. The highest BCUT2D eigenvalue weighted by molar-refractivity contribution is 6.01. The van der Waals surface area contributed by atoms with Gasteiger partial charge in [-0.05, 0) is 43.3 Å². The number of rotatable bonds is 10. The Bertz CT molecular complexity index is 836. The van der Waals surface area contributed by atoms with E-state index in [-0.39, 0.29) is 26.1 Å². The van der Waals surface area contributed by atoms with Gasteiger partial charge in [0.15, 0.2) is 0 Å². The minimum atomic E-state index is -0.924. The minimum absolute atomic E-state index is 0.0293. The van der Waals surface area contributed by atoms with Crippen LogP contribution in [0.15, 0.2) is 54.6 Å². The van der Waals surface area contributed by atoms with E-state index in [2.05, 4.69) is 15.4 Å². The summed E-state index contributed by atoms with van der Waals surface area (Å²) in [5, 5.41) is 5.31. The minimum Gasteiger partial charge on any atom is -0.468 e. The SMILES string of the molecule is CCOC(=O)c1ccc(NC(=O)[C@H](CCOC=O)NC(=O)c2ccccc2)cc1. The van der Waals surface area contributed by atoms with Crippen LogP contribution in [0.1, 0.15) is 34.1 Å². The second-order valence-electron chi connectivity index (χ2n) is 5.93. The molecule has 0 bridgehead atoms. The maximum absolute atomic E-state index is 12.6. The zero-order chi connectivity index (χ0) is 21.1. The number of hydrogen-bond acceptors (Lipinski definition) is 6. The summed E-state index contributed by atoms with van der Waals surface area (Å²) in [6, 6.07) is 13.7. The third-order valence-corrected chi connectivity index (χ3v) is 3.91. The lowest BCUT2D eigenvalue weighted by Crippen LogP contribution is -2.44. The van der Waals surface area contributed by atoms with E-state index < -0.39 is 23.8 Å². The molecule has 2 aromatic carbocycles. The lowest BCUT2D eigenvalue weighted by molar-refractivity contribution is -0.129. The summed E-state index contributed by atoms with van der Waals surface area (Å²) in [6.45, 7) is 2.23. The molecule has 0 aromatic heterocycles. The summed E-state index contributed by atoms with van der Waals surface area (Å²) >= 11 is 0. The van der Waals surface area contributed by atoms with Crippen LogP contribution >= 0.6 is 0 Å². The molecule has 29 heavy (non-hydrogen) atoms. The predicted molar refractivity (Wildman–Crippen MR) is 105 cm³/mol. The Morgan fingerprint density at radius 2 is 1.69 bits per heavy atom. The molecule has 2 amide bonds. The number of benzene rings is 2. The van der Waals surface area contributed by atoms with E-state index in [1.807, 2.05) is 0 Å². The van der Waals surface area contributed by atoms with Crippen molar-refractivity contribution in [1.82, 2.24) is 5.32 Å². The van der Waals surface area contributed by atoms with Crippen LogP contribution in [-0.4, -0.2) is 43.5 Å². The molecule has 0 aliphatic carbocycles. The molecule has 152 valence electrons. The van der Waals surface area contributed by atoms with Crippen molar-refractivity contribution in [3.63, 3.8) is 0 Å². The van der Waals surface area contributed by atoms with Crippen molar-refractivity contribution in [3.05, 3.63) is 65.7 Å². The van der Waals surface area contributed by atoms with Crippen LogP contribution in [0, 0.1) is 0 Å². The van der Waals surface area contributed by atoms with E-state index in [0.717, 1.165) is 0 Å². The van der Waals surface area contributed by atoms with Gasteiger partial charge >= 0.3 is 5.97 Å². The predicted octanol–water partition coefficient (Wildman–Crippen LogP) is 2.16. The number of anilines is 1. The quantitative estimate of drug-likeness (QED) is 0.360. The van der Waals surface area contributed by atoms with Crippen molar-refractivity contribution in [3.8, 4) is 0 Å². The lowest BCUT2D eigenvalue weighted by Gasteiger charge is -2.18. The third-order valence-electron chi connectivity index (χ3n) is 3.91. The number of nitrogens with one attached hydrogen (secondary N) is 2. The maximum Gasteiger partial charge on any atom is 0.338 e. The van der Waals surface area contributed by atoms with E-state index in [0.29, 0.717) is 16.8 Å². The molecule has 8 nitrogen and oxygen atoms in total. The summed E-state index contributed by atoms with van der Waals surface area (Å²) < 4.78 is 9.57. The van der Waals surface area contributed by atoms with Gasteiger partial charge in [0.25, 0.3) is 12.4 Å². The molecule has 0 heterocycles. The Balaban J connectivity index is 2.05. The molecule has 0 aliphatic rings. The number of carbonyl (C=O) groups excluding carboxylic acids is 4. The summed E-state index contributed by atoms with van der Waals surface area (Å²) in [4.78, 5) is 47.1. The number of esters is 1. The van der Waals surface area contributed by atoms with Crippen LogP contribution in [-0.2, 0) is 19.1 Å². The second kappa shape index (κ2) is 11.2. The first-order valence-corrected chi connectivity index (χ1v) is 9.04. The van der Waals surface area contributed by atoms with Gasteiger partial charge in [0.1, 0.15) is 6.04 Å². The average molecular weight is 398 g/mol. The van der Waals surface area contributed by atoms with Gasteiger partial charge < -0.3 is 20.1 Å². The zero-order valence-electron chi connectivity index (χ0n) is 15.9. The van der Waals surface area contributed by atoms with Crippen LogP contribution < -0.4 is 10.6 Å². The molecule has 2 rings (SSSR count). The number of ether oxygens (including phenoxy) is 2. The molecule has 0 fully saturated rings. The van der Waals surface area contributed by atoms with E-state index in [1.165, 1.54) is 12.1 Å². The molecule has 1 atom stereocenters. The van der Waals surface area contributed by atoms with Crippen LogP contribution in [0.2, 0.25) is 0 Å². The lowest BCUT2D eigenvalue weighted by atomic mass is 10.1. The van der Waals surface area contributed by atoms with Gasteiger partial charge in [-0.2, -0.15) is 0 Å². The Labute approximate surface area is 168 Å². The summed E-state index contributed by atoms with van der Waals surface area (Å²) in [5.41, 5.74) is 1.21. The maximum atomic E-state index is 12.6. The average Bonchev–Trinajstić information content (AvgIpc) is 2.74. The van der Waals surface area contributed by atoms with Crippen molar-refractivity contribution >= 4 is 29.9 Å². The first-order chi connectivity index (χ1) is 14.0. The Kier molecular flexibility index (Phi) is 8.37. The third kappa shape index (κ3) is 6.76. The second-order valence-corrected chi connectivity index (χ2v) is 5.93. The first-order valence-electron chi connectivity index (χ1n) is 9.04. The fourth-order valence-electron chi connectivity index (χ4n) is 2.47. The fourth-order valence-corrected chi connectivity index (χ4v) is 2.47. The van der Waals surface area contributed by atoms with Gasteiger partial charge in [0.05, 0.1) is 18.8 Å². The molecule has 0 aliphatic heterocycles. The first kappa shape index (κ1) is 21.6. The van der Waals surface area contributed by atoms with Gasteiger partial charge in [0, 0.05) is 17.7 Å². The smallest absolute Gasteiger partial charge is 0.338 e. The molecule has 2 aromatic rings. The molecule has 0 saturated carbocycles. The van der Waals surface area contributed by atoms with Gasteiger partial charge in [-0.3, -0.25) is 14.4 Å². The molecule has 0 unspecified atom stereocenters. The van der Waals surface area contributed by atoms with Crippen molar-refractivity contribution in [2.24, 2.45) is 0 Å². The molecule has 0 saturated heterocycles.